The van der Waals surface area contributed by atoms with E-state index < -0.39 is 11.0 Å². The van der Waals surface area contributed by atoms with Gasteiger partial charge < -0.3 is 9.84 Å². The van der Waals surface area contributed by atoms with Gasteiger partial charge in [-0.25, -0.2) is 0 Å². The number of ether oxygens (including phenoxy) is 1. The molecule has 0 saturated carbocycles. The number of nitro groups is 1. The van der Waals surface area contributed by atoms with Crippen LogP contribution in [0.3, 0.4) is 0 Å². The summed E-state index contributed by atoms with van der Waals surface area (Å²) < 4.78 is 6.91. The Kier molecular flexibility index (Phi) is 4.59. The molecule has 9 heteroatoms. The van der Waals surface area contributed by atoms with Crippen LogP contribution in [0.25, 0.3) is 10.9 Å². The van der Waals surface area contributed by atoms with E-state index in [9.17, 15) is 15.2 Å². The smallest absolute Gasteiger partial charge is 0.306 e. The molecule has 2 heterocycles. The number of rotatable bonds is 6. The fourth-order valence-corrected chi connectivity index (χ4v) is 2.45. The standard InChI is InChI=1S/C15H13ClN4O4/c16-13-3-4-14(15-12(13)2-1-5-17-15)24-9-11(21)8-19-7-10(6-18-19)20(22)23/h1-7,11,21H,8-9H2. The first-order valence-corrected chi connectivity index (χ1v) is 7.43. The van der Waals surface area contributed by atoms with E-state index in [-0.39, 0.29) is 18.8 Å². The monoisotopic (exact) mass is 348 g/mol. The van der Waals surface area contributed by atoms with Crippen molar-refractivity contribution in [1.29, 1.82) is 0 Å². The summed E-state index contributed by atoms with van der Waals surface area (Å²) >= 11 is 6.12. The first-order chi connectivity index (χ1) is 11.5. The number of hydrogen-bond donors (Lipinski definition) is 1. The molecule has 1 unspecified atom stereocenters. The number of aromatic nitrogens is 3. The average Bonchev–Trinajstić information content (AvgIpc) is 3.03. The highest BCUT2D eigenvalue weighted by Gasteiger charge is 2.13. The van der Waals surface area contributed by atoms with Crippen LogP contribution in [-0.4, -0.2) is 37.5 Å². The molecule has 0 saturated heterocycles. The fourth-order valence-electron chi connectivity index (χ4n) is 2.23. The van der Waals surface area contributed by atoms with Crippen molar-refractivity contribution in [3.8, 4) is 5.75 Å². The van der Waals surface area contributed by atoms with Crippen molar-refractivity contribution in [2.24, 2.45) is 0 Å². The van der Waals surface area contributed by atoms with Gasteiger partial charge in [0.2, 0.25) is 0 Å². The highest BCUT2D eigenvalue weighted by molar-refractivity contribution is 6.35. The first kappa shape index (κ1) is 16.2. The molecule has 0 fully saturated rings. The minimum Gasteiger partial charge on any atom is -0.489 e. The number of aliphatic hydroxyl groups excluding tert-OH is 1. The van der Waals surface area contributed by atoms with Crippen molar-refractivity contribution in [2.45, 2.75) is 12.6 Å². The summed E-state index contributed by atoms with van der Waals surface area (Å²) in [6.07, 6.45) is 3.12. The number of aliphatic hydroxyl groups is 1. The first-order valence-electron chi connectivity index (χ1n) is 7.05. The maximum Gasteiger partial charge on any atom is 0.306 e. The van der Waals surface area contributed by atoms with Gasteiger partial charge >= 0.3 is 5.69 Å². The molecule has 0 aliphatic carbocycles. The molecule has 0 spiro atoms. The highest BCUT2D eigenvalue weighted by Crippen LogP contribution is 2.29. The van der Waals surface area contributed by atoms with E-state index in [1.54, 1.807) is 24.4 Å². The lowest BCUT2D eigenvalue weighted by Crippen LogP contribution is -2.23. The van der Waals surface area contributed by atoms with Crippen LogP contribution < -0.4 is 4.74 Å². The van der Waals surface area contributed by atoms with Crippen LogP contribution in [0.2, 0.25) is 5.02 Å². The van der Waals surface area contributed by atoms with Gasteiger partial charge in [0.15, 0.2) is 0 Å². The number of hydrogen-bond acceptors (Lipinski definition) is 6. The summed E-state index contributed by atoms with van der Waals surface area (Å²) in [4.78, 5) is 14.3. The summed E-state index contributed by atoms with van der Waals surface area (Å²) in [6.45, 7) is 0.0632. The lowest BCUT2D eigenvalue weighted by atomic mass is 10.2. The third-order valence-corrected chi connectivity index (χ3v) is 3.67. The zero-order valence-electron chi connectivity index (χ0n) is 12.4. The van der Waals surface area contributed by atoms with E-state index in [4.69, 9.17) is 16.3 Å². The summed E-state index contributed by atoms with van der Waals surface area (Å²) in [5.74, 6) is 0.500. The highest BCUT2D eigenvalue weighted by atomic mass is 35.5. The molecule has 0 radical (unpaired) electrons. The number of benzene rings is 1. The van der Waals surface area contributed by atoms with Crippen LogP contribution >= 0.6 is 11.6 Å². The predicted molar refractivity (Wildman–Crippen MR) is 87.1 cm³/mol. The van der Waals surface area contributed by atoms with E-state index >= 15 is 0 Å². The molecule has 1 aromatic carbocycles. The summed E-state index contributed by atoms with van der Waals surface area (Å²) in [5, 5.41) is 25.8. The minimum absolute atomic E-state index is 0.0129. The number of nitrogens with zero attached hydrogens (tertiary/aromatic N) is 4. The molecule has 0 aliphatic rings. The SMILES string of the molecule is O=[N+]([O-])c1cnn(CC(O)COc2ccc(Cl)c3cccnc23)c1. The number of fused-ring (bicyclic) bond motifs is 1. The fraction of sp³-hybridized carbons (Fsp3) is 0.200. The Bertz CT molecular complexity index is 883. The number of pyridine rings is 1. The molecule has 8 nitrogen and oxygen atoms in total. The molecule has 1 N–H and O–H groups in total. The average molecular weight is 349 g/mol. The van der Waals surface area contributed by atoms with Crippen molar-refractivity contribution in [3.63, 3.8) is 0 Å². The van der Waals surface area contributed by atoms with Crippen molar-refractivity contribution < 1.29 is 14.8 Å². The van der Waals surface area contributed by atoms with Crippen LogP contribution in [0.1, 0.15) is 0 Å². The van der Waals surface area contributed by atoms with Gasteiger partial charge in [-0.3, -0.25) is 19.8 Å². The maximum atomic E-state index is 10.6. The molecule has 1 atom stereocenters. The molecule has 24 heavy (non-hydrogen) atoms. The van der Waals surface area contributed by atoms with Gasteiger partial charge in [-0.15, -0.1) is 0 Å². The third-order valence-electron chi connectivity index (χ3n) is 3.34. The molecule has 2 aromatic heterocycles. The predicted octanol–water partition coefficient (Wildman–Crippen LogP) is 2.43. The minimum atomic E-state index is -0.890. The molecule has 0 bridgehead atoms. The van der Waals surface area contributed by atoms with Crippen LogP contribution in [0.15, 0.2) is 42.9 Å². The van der Waals surface area contributed by atoms with Crippen molar-refractivity contribution in [3.05, 3.63) is 58.0 Å². The van der Waals surface area contributed by atoms with E-state index in [1.807, 2.05) is 6.07 Å². The van der Waals surface area contributed by atoms with E-state index in [0.717, 1.165) is 11.6 Å². The van der Waals surface area contributed by atoms with Crippen LogP contribution in [0.5, 0.6) is 5.75 Å². The van der Waals surface area contributed by atoms with E-state index in [1.165, 1.54) is 10.9 Å². The van der Waals surface area contributed by atoms with E-state index in [0.29, 0.717) is 16.3 Å². The molecule has 3 rings (SSSR count). The van der Waals surface area contributed by atoms with E-state index in [2.05, 4.69) is 10.1 Å². The summed E-state index contributed by atoms with van der Waals surface area (Å²) in [5.41, 5.74) is 0.475. The Labute approximate surface area is 141 Å². The molecular weight excluding hydrogens is 336 g/mol. The molecule has 3 aromatic rings. The van der Waals surface area contributed by atoms with Crippen LogP contribution in [0, 0.1) is 10.1 Å². The van der Waals surface area contributed by atoms with Gasteiger partial charge in [-0.05, 0) is 24.3 Å². The Morgan fingerprint density at radius 3 is 3.00 bits per heavy atom. The van der Waals surface area contributed by atoms with Crippen molar-refractivity contribution in [2.75, 3.05) is 6.61 Å². The second-order valence-corrected chi connectivity index (χ2v) is 5.49. The zero-order chi connectivity index (χ0) is 17.1. The zero-order valence-corrected chi connectivity index (χ0v) is 13.1. The third kappa shape index (κ3) is 3.44. The maximum absolute atomic E-state index is 10.6. The van der Waals surface area contributed by atoms with Gasteiger partial charge in [0.05, 0.1) is 16.5 Å². The van der Waals surface area contributed by atoms with Gasteiger partial charge in [0, 0.05) is 11.6 Å². The Hall–Kier alpha value is -2.71. The van der Waals surface area contributed by atoms with Crippen molar-refractivity contribution >= 4 is 28.2 Å². The quantitative estimate of drug-likeness (QED) is 0.542. The van der Waals surface area contributed by atoms with Gasteiger partial charge in [0.1, 0.15) is 36.4 Å². The number of halogens is 1. The molecular formula is C15H13ClN4O4. The Morgan fingerprint density at radius 2 is 2.25 bits per heavy atom. The topological polar surface area (TPSA) is 103 Å². The second-order valence-electron chi connectivity index (χ2n) is 5.09. The van der Waals surface area contributed by atoms with Crippen LogP contribution in [0.4, 0.5) is 5.69 Å². The van der Waals surface area contributed by atoms with Gasteiger partial charge in [-0.2, -0.15) is 5.10 Å². The van der Waals surface area contributed by atoms with Gasteiger partial charge in [-0.1, -0.05) is 11.6 Å². The lowest BCUT2D eigenvalue weighted by Gasteiger charge is -2.13. The van der Waals surface area contributed by atoms with Crippen molar-refractivity contribution in [1.82, 2.24) is 14.8 Å². The summed E-state index contributed by atoms with van der Waals surface area (Å²) in [7, 11) is 0. The Morgan fingerprint density at radius 1 is 1.42 bits per heavy atom. The molecule has 0 aliphatic heterocycles. The normalized spacial score (nSPS) is 12.2. The van der Waals surface area contributed by atoms with Crippen LogP contribution in [-0.2, 0) is 6.54 Å². The van der Waals surface area contributed by atoms with Gasteiger partial charge in [0.25, 0.3) is 0 Å². The molecule has 124 valence electrons. The largest absolute Gasteiger partial charge is 0.489 e. The summed E-state index contributed by atoms with van der Waals surface area (Å²) in [6, 6.07) is 6.99. The lowest BCUT2D eigenvalue weighted by molar-refractivity contribution is -0.385. The Balaban J connectivity index is 1.67. The second kappa shape index (κ2) is 6.81. The molecule has 0 amide bonds.